The van der Waals surface area contributed by atoms with Gasteiger partial charge in [-0.2, -0.15) is 0 Å². The highest BCUT2D eigenvalue weighted by molar-refractivity contribution is 5.86. The first-order valence-corrected chi connectivity index (χ1v) is 18.7. The van der Waals surface area contributed by atoms with Crippen molar-refractivity contribution in [1.29, 1.82) is 0 Å². The van der Waals surface area contributed by atoms with Crippen molar-refractivity contribution in [1.82, 2.24) is 16.0 Å². The van der Waals surface area contributed by atoms with Crippen LogP contribution < -0.4 is 16.0 Å². The van der Waals surface area contributed by atoms with Gasteiger partial charge >= 0.3 is 11.9 Å². The molecule has 3 amide bonds. The fourth-order valence-corrected chi connectivity index (χ4v) is 5.08. The molecule has 2 atom stereocenters. The summed E-state index contributed by atoms with van der Waals surface area (Å²) >= 11 is 0. The second kappa shape index (κ2) is 33.7. The van der Waals surface area contributed by atoms with Crippen LogP contribution in [0, 0.1) is 0 Å². The maximum atomic E-state index is 12.0. The van der Waals surface area contributed by atoms with Crippen molar-refractivity contribution in [3.05, 3.63) is 0 Å². The van der Waals surface area contributed by atoms with E-state index in [0.717, 1.165) is 51.4 Å². The molecule has 0 aromatic heterocycles. The molecule has 0 saturated heterocycles. The van der Waals surface area contributed by atoms with Gasteiger partial charge in [-0.3, -0.25) is 19.2 Å². The normalized spacial score (nSPS) is 12.3. The van der Waals surface area contributed by atoms with Crippen LogP contribution in [-0.4, -0.2) is 96.6 Å². The Kier molecular flexibility index (Phi) is 31.8. The van der Waals surface area contributed by atoms with Crippen molar-refractivity contribution in [3.63, 3.8) is 0 Å². The smallest absolute Gasteiger partial charge is 0.326 e. The molecule has 1 unspecified atom stereocenters. The third-order valence-electron chi connectivity index (χ3n) is 8.03. The minimum absolute atomic E-state index is 0.0353. The largest absolute Gasteiger partial charge is 0.481 e. The Balaban J connectivity index is 3.41. The van der Waals surface area contributed by atoms with E-state index in [1.165, 1.54) is 44.9 Å². The Hall–Kier alpha value is -2.77. The number of ether oxygens (including phenoxy) is 2. The summed E-state index contributed by atoms with van der Waals surface area (Å²) < 4.78 is 11.2. The number of carboxylic acid groups (broad SMARTS) is 2. The summed E-state index contributed by atoms with van der Waals surface area (Å²) in [4.78, 5) is 57.6. The summed E-state index contributed by atoms with van der Waals surface area (Å²) in [5.74, 6) is -2.56. The molecule has 0 aliphatic carbocycles. The Morgan fingerprint density at radius 3 is 1.37 bits per heavy atom. The molecule has 0 fully saturated rings. The number of amides is 3. The first kappa shape index (κ1) is 46.2. The Morgan fingerprint density at radius 2 is 0.918 bits per heavy atom. The molecule has 0 saturated carbocycles. The van der Waals surface area contributed by atoms with Crippen LogP contribution in [0.3, 0.4) is 0 Å². The van der Waals surface area contributed by atoms with Gasteiger partial charge in [0, 0.05) is 65.2 Å². The second-order valence-corrected chi connectivity index (χ2v) is 12.9. The third-order valence-corrected chi connectivity index (χ3v) is 8.03. The van der Waals surface area contributed by atoms with E-state index in [2.05, 4.69) is 16.0 Å². The van der Waals surface area contributed by atoms with Gasteiger partial charge in [0.1, 0.15) is 6.04 Å². The van der Waals surface area contributed by atoms with Crippen molar-refractivity contribution in [3.8, 4) is 0 Å². The molecule has 0 bridgehead atoms. The number of carbonyl (C=O) groups is 5. The molecule has 0 aromatic rings. The van der Waals surface area contributed by atoms with E-state index in [4.69, 9.17) is 14.6 Å². The molecule has 0 rings (SSSR count). The summed E-state index contributed by atoms with van der Waals surface area (Å²) in [5, 5.41) is 35.2. The molecule has 0 radical (unpaired) electrons. The summed E-state index contributed by atoms with van der Waals surface area (Å²) in [6.07, 6.45) is 17.2. The predicted molar refractivity (Wildman–Crippen MR) is 188 cm³/mol. The van der Waals surface area contributed by atoms with Crippen LogP contribution in [0.15, 0.2) is 0 Å². The van der Waals surface area contributed by atoms with Crippen molar-refractivity contribution >= 4 is 29.7 Å². The lowest BCUT2D eigenvalue weighted by Crippen LogP contribution is -2.41. The molecule has 13 heteroatoms. The molecule has 0 aromatic carbocycles. The average Bonchev–Trinajstić information content (AvgIpc) is 3.05. The monoisotopic (exact) mass is 701 g/mol. The molecule has 0 heterocycles. The average molecular weight is 702 g/mol. The van der Waals surface area contributed by atoms with Gasteiger partial charge in [0.2, 0.25) is 17.7 Å². The predicted octanol–water partition coefficient (Wildman–Crippen LogP) is 4.87. The molecule has 49 heavy (non-hydrogen) atoms. The number of aliphatic hydroxyl groups excluding tert-OH is 1. The van der Waals surface area contributed by atoms with Gasteiger partial charge in [0.15, 0.2) is 0 Å². The lowest BCUT2D eigenvalue weighted by molar-refractivity contribution is -0.142. The van der Waals surface area contributed by atoms with Crippen molar-refractivity contribution in [2.75, 3.05) is 39.5 Å². The number of rotatable bonds is 36. The Bertz CT molecular complexity index is 872. The van der Waals surface area contributed by atoms with Gasteiger partial charge in [0.05, 0.1) is 6.10 Å². The maximum absolute atomic E-state index is 12.0. The molecular formula is C36H67N3O10. The zero-order chi connectivity index (χ0) is 36.4. The van der Waals surface area contributed by atoms with Gasteiger partial charge in [-0.15, -0.1) is 0 Å². The fraction of sp³-hybridized carbons (Fsp3) is 0.861. The number of aliphatic hydroxyl groups is 1. The van der Waals surface area contributed by atoms with Crippen LogP contribution in [0.5, 0.6) is 0 Å². The van der Waals surface area contributed by atoms with E-state index >= 15 is 0 Å². The molecule has 0 spiro atoms. The topological polar surface area (TPSA) is 201 Å². The molecule has 0 aliphatic heterocycles. The highest BCUT2D eigenvalue weighted by Gasteiger charge is 2.20. The van der Waals surface area contributed by atoms with E-state index in [0.29, 0.717) is 52.4 Å². The van der Waals surface area contributed by atoms with E-state index in [1.807, 2.05) is 0 Å². The molecule has 286 valence electrons. The fourth-order valence-electron chi connectivity index (χ4n) is 5.08. The van der Waals surface area contributed by atoms with E-state index in [-0.39, 0.29) is 43.9 Å². The zero-order valence-corrected chi connectivity index (χ0v) is 30.2. The van der Waals surface area contributed by atoms with Crippen molar-refractivity contribution in [2.45, 2.75) is 160 Å². The number of unbranched alkanes of at least 4 members (excludes halogenated alkanes) is 12. The Morgan fingerprint density at radius 1 is 0.510 bits per heavy atom. The molecule has 0 aliphatic rings. The Labute approximate surface area is 294 Å². The maximum Gasteiger partial charge on any atom is 0.326 e. The van der Waals surface area contributed by atoms with Gasteiger partial charge < -0.3 is 40.7 Å². The number of hydrogen-bond acceptors (Lipinski definition) is 8. The SMILES string of the molecule is CC(O)CC[C@H](NC(=O)CCC(=O)NCCCOCCCCOCCCNC(=O)CCCCCCCCCCCCCCC(=O)O)C(=O)O. The van der Waals surface area contributed by atoms with Crippen LogP contribution in [0.1, 0.15) is 148 Å². The summed E-state index contributed by atoms with van der Waals surface area (Å²) in [6.45, 7) is 4.96. The number of carboxylic acids is 2. The quantitative estimate of drug-likeness (QED) is 0.0490. The van der Waals surface area contributed by atoms with Gasteiger partial charge in [0.25, 0.3) is 0 Å². The number of nitrogens with one attached hydrogen (secondary N) is 3. The van der Waals surface area contributed by atoms with Gasteiger partial charge in [-0.05, 0) is 58.3 Å². The van der Waals surface area contributed by atoms with Crippen LogP contribution in [0.2, 0.25) is 0 Å². The van der Waals surface area contributed by atoms with E-state index in [1.54, 1.807) is 6.92 Å². The molecular weight excluding hydrogens is 634 g/mol. The number of carbonyl (C=O) groups excluding carboxylic acids is 3. The lowest BCUT2D eigenvalue weighted by atomic mass is 10.0. The minimum atomic E-state index is -1.17. The second-order valence-electron chi connectivity index (χ2n) is 12.9. The molecule has 13 nitrogen and oxygen atoms in total. The number of hydrogen-bond donors (Lipinski definition) is 6. The first-order chi connectivity index (χ1) is 23.6. The summed E-state index contributed by atoms with van der Waals surface area (Å²) in [5.41, 5.74) is 0. The lowest BCUT2D eigenvalue weighted by Gasteiger charge is -2.15. The number of aliphatic carboxylic acids is 2. The zero-order valence-electron chi connectivity index (χ0n) is 30.2. The van der Waals surface area contributed by atoms with Crippen LogP contribution in [0.4, 0.5) is 0 Å². The van der Waals surface area contributed by atoms with Crippen molar-refractivity contribution in [2.24, 2.45) is 0 Å². The van der Waals surface area contributed by atoms with E-state index < -0.39 is 30.0 Å². The van der Waals surface area contributed by atoms with E-state index in [9.17, 15) is 34.2 Å². The highest BCUT2D eigenvalue weighted by atomic mass is 16.5. The van der Waals surface area contributed by atoms with Gasteiger partial charge in [-0.25, -0.2) is 4.79 Å². The third kappa shape index (κ3) is 34.9. The van der Waals surface area contributed by atoms with Crippen molar-refractivity contribution < 1.29 is 48.8 Å². The van der Waals surface area contributed by atoms with Crippen LogP contribution >= 0.6 is 0 Å². The standard InChI is InChI=1S/C36H67N3O10/c1-30(40)20-21-31(36(46)47)39-34(43)23-22-33(42)38-25-17-29-49-27-15-14-26-48-28-16-24-37-32(41)18-12-10-8-6-4-2-3-5-7-9-11-13-19-35(44)45/h30-31,40H,2-29H2,1H3,(H,37,41)(H,38,42)(H,39,43)(H,44,45)(H,46,47)/t30?,31-/m0/s1. The highest BCUT2D eigenvalue weighted by Crippen LogP contribution is 2.13. The van der Waals surface area contributed by atoms with Crippen LogP contribution in [0.25, 0.3) is 0 Å². The summed E-state index contributed by atoms with van der Waals surface area (Å²) in [7, 11) is 0. The molecule has 6 N–H and O–H groups in total. The summed E-state index contributed by atoms with van der Waals surface area (Å²) in [6, 6.07) is -1.08. The van der Waals surface area contributed by atoms with Crippen LogP contribution in [-0.2, 0) is 33.4 Å². The minimum Gasteiger partial charge on any atom is -0.481 e. The first-order valence-electron chi connectivity index (χ1n) is 18.7. The van der Waals surface area contributed by atoms with Gasteiger partial charge in [-0.1, -0.05) is 64.2 Å².